The van der Waals surface area contributed by atoms with Crippen LogP contribution in [0.25, 0.3) is 0 Å². The molecule has 4 rings (SSSR count). The average Bonchev–Trinajstić information content (AvgIpc) is 2.61. The number of rotatable bonds is 3. The minimum atomic E-state index is 0.314. The smallest absolute Gasteiger partial charge is 0.129 e. The van der Waals surface area contributed by atoms with E-state index in [1.54, 1.807) is 18.3 Å². The second-order valence-electron chi connectivity index (χ2n) is 6.61. The van der Waals surface area contributed by atoms with Gasteiger partial charge in [0.05, 0.1) is 21.9 Å². The Bertz CT molecular complexity index is 873. The normalized spacial score (nSPS) is 16.0. The maximum atomic E-state index is 10.7. The van der Waals surface area contributed by atoms with Crippen molar-refractivity contribution in [3.8, 4) is 5.75 Å². The highest BCUT2D eigenvalue weighted by Gasteiger charge is 2.27. The van der Waals surface area contributed by atoms with E-state index in [-0.39, 0.29) is 0 Å². The number of hydrogen-bond donors (Lipinski definition) is 2. The zero-order valence-electron chi connectivity index (χ0n) is 14.0. The summed E-state index contributed by atoms with van der Waals surface area (Å²) in [4.78, 5) is 2.39. The van der Waals surface area contributed by atoms with E-state index >= 15 is 0 Å². The molecule has 0 amide bonds. The van der Waals surface area contributed by atoms with Crippen LogP contribution in [0.2, 0.25) is 15.1 Å². The Kier molecular flexibility index (Phi) is 4.91. The molecular formula is C19H18Cl3N3O. The molecule has 0 atom stereocenters. The van der Waals surface area contributed by atoms with Crippen molar-refractivity contribution < 1.29 is 5.11 Å². The second kappa shape index (κ2) is 7.18. The van der Waals surface area contributed by atoms with Crippen LogP contribution in [0.3, 0.4) is 0 Å². The molecule has 26 heavy (non-hydrogen) atoms. The fraction of sp³-hybridized carbons (Fsp3) is 0.316. The van der Waals surface area contributed by atoms with E-state index in [0.29, 0.717) is 32.1 Å². The van der Waals surface area contributed by atoms with E-state index in [2.05, 4.69) is 15.4 Å². The molecule has 0 fully saturated rings. The third kappa shape index (κ3) is 3.22. The lowest BCUT2D eigenvalue weighted by molar-refractivity contribution is 0.461. The minimum Gasteiger partial charge on any atom is -0.507 e. The molecule has 2 aliphatic rings. The van der Waals surface area contributed by atoms with Crippen molar-refractivity contribution in [2.24, 2.45) is 5.10 Å². The Labute approximate surface area is 167 Å². The van der Waals surface area contributed by atoms with E-state index in [1.807, 2.05) is 6.07 Å². The zero-order valence-corrected chi connectivity index (χ0v) is 16.3. The van der Waals surface area contributed by atoms with Gasteiger partial charge in [-0.3, -0.25) is 5.43 Å². The number of nitrogens with one attached hydrogen (secondary N) is 1. The molecule has 136 valence electrons. The van der Waals surface area contributed by atoms with Crippen molar-refractivity contribution in [3.63, 3.8) is 0 Å². The summed E-state index contributed by atoms with van der Waals surface area (Å²) in [5, 5.41) is 16.2. The van der Waals surface area contributed by atoms with E-state index < -0.39 is 0 Å². The van der Waals surface area contributed by atoms with Gasteiger partial charge < -0.3 is 10.0 Å². The highest BCUT2D eigenvalue weighted by atomic mass is 35.5. The fourth-order valence-corrected chi connectivity index (χ4v) is 4.68. The molecule has 0 saturated heterocycles. The Morgan fingerprint density at radius 2 is 1.73 bits per heavy atom. The molecule has 0 saturated carbocycles. The Morgan fingerprint density at radius 3 is 2.46 bits per heavy atom. The van der Waals surface area contributed by atoms with E-state index in [0.717, 1.165) is 44.3 Å². The topological polar surface area (TPSA) is 47.9 Å². The van der Waals surface area contributed by atoms with Crippen LogP contribution in [0.5, 0.6) is 5.75 Å². The summed E-state index contributed by atoms with van der Waals surface area (Å²) in [6.45, 7) is 2.14. The highest BCUT2D eigenvalue weighted by Crippen LogP contribution is 2.41. The lowest BCUT2D eigenvalue weighted by atomic mass is 9.89. The van der Waals surface area contributed by atoms with Crippen molar-refractivity contribution in [3.05, 3.63) is 50.0 Å². The summed E-state index contributed by atoms with van der Waals surface area (Å²) >= 11 is 18.2. The molecule has 0 radical (unpaired) electrons. The summed E-state index contributed by atoms with van der Waals surface area (Å²) in [5.74, 6) is 0.314. The van der Waals surface area contributed by atoms with Crippen LogP contribution in [0.1, 0.15) is 29.5 Å². The average molecular weight is 411 g/mol. The molecule has 7 heteroatoms. The molecule has 2 aromatic carbocycles. The van der Waals surface area contributed by atoms with Gasteiger partial charge in [-0.05, 0) is 49.4 Å². The first-order valence-corrected chi connectivity index (χ1v) is 9.74. The molecule has 0 unspecified atom stereocenters. The van der Waals surface area contributed by atoms with Crippen molar-refractivity contribution in [2.75, 3.05) is 23.4 Å². The number of phenolic OH excluding ortho intramolecular Hbond substituents is 1. The quantitative estimate of drug-likeness (QED) is 0.519. The maximum Gasteiger partial charge on any atom is 0.129 e. The maximum absolute atomic E-state index is 10.7. The third-order valence-electron chi connectivity index (χ3n) is 4.91. The van der Waals surface area contributed by atoms with Gasteiger partial charge in [0.25, 0.3) is 0 Å². The molecule has 2 heterocycles. The monoisotopic (exact) mass is 409 g/mol. The molecule has 4 nitrogen and oxygen atoms in total. The van der Waals surface area contributed by atoms with Crippen LogP contribution < -0.4 is 10.3 Å². The van der Waals surface area contributed by atoms with Crippen LogP contribution in [0, 0.1) is 0 Å². The largest absolute Gasteiger partial charge is 0.507 e. The fourth-order valence-electron chi connectivity index (χ4n) is 3.78. The SMILES string of the molecule is Oc1c(C=NNc2c(Cl)cc(Cl)cc2Cl)cc2c3c1CCCN3CCC2. The van der Waals surface area contributed by atoms with Crippen molar-refractivity contribution >= 4 is 52.4 Å². The van der Waals surface area contributed by atoms with Gasteiger partial charge in [0.15, 0.2) is 0 Å². The summed E-state index contributed by atoms with van der Waals surface area (Å²) in [6.07, 6.45) is 5.74. The Balaban J connectivity index is 1.64. The minimum absolute atomic E-state index is 0.314. The number of anilines is 2. The van der Waals surface area contributed by atoms with Crippen LogP contribution in [-0.4, -0.2) is 24.4 Å². The number of benzene rings is 2. The van der Waals surface area contributed by atoms with Crippen LogP contribution >= 0.6 is 34.8 Å². The highest BCUT2D eigenvalue weighted by molar-refractivity contribution is 6.41. The lowest BCUT2D eigenvalue weighted by Gasteiger charge is -2.37. The first-order valence-electron chi connectivity index (χ1n) is 8.61. The predicted octanol–water partition coefficient (Wildman–Crippen LogP) is 5.50. The summed E-state index contributed by atoms with van der Waals surface area (Å²) in [5.41, 5.74) is 7.59. The predicted molar refractivity (Wildman–Crippen MR) is 110 cm³/mol. The van der Waals surface area contributed by atoms with Gasteiger partial charge in [0.1, 0.15) is 5.75 Å². The van der Waals surface area contributed by atoms with Gasteiger partial charge in [0, 0.05) is 34.9 Å². The number of nitrogens with zero attached hydrogens (tertiary/aromatic N) is 2. The van der Waals surface area contributed by atoms with Crippen LogP contribution in [0.15, 0.2) is 23.3 Å². The molecule has 0 spiro atoms. The van der Waals surface area contributed by atoms with Gasteiger partial charge >= 0.3 is 0 Å². The van der Waals surface area contributed by atoms with Crippen LogP contribution in [-0.2, 0) is 12.8 Å². The molecule has 0 aromatic heterocycles. The molecular weight excluding hydrogens is 393 g/mol. The second-order valence-corrected chi connectivity index (χ2v) is 7.86. The van der Waals surface area contributed by atoms with Gasteiger partial charge in [-0.25, -0.2) is 0 Å². The van der Waals surface area contributed by atoms with E-state index in [9.17, 15) is 5.11 Å². The molecule has 0 bridgehead atoms. The first kappa shape index (κ1) is 17.8. The zero-order chi connectivity index (χ0) is 18.3. The standard InChI is InChI=1S/C19H18Cl3N3O/c20-13-8-15(21)17(16(22)9-13)24-23-10-12-7-11-3-1-5-25-6-2-4-14(18(11)25)19(12)26/h7-10,24,26H,1-6H2. The Hall–Kier alpha value is -1.62. The third-order valence-corrected chi connectivity index (χ3v) is 5.73. The number of halogens is 3. The van der Waals surface area contributed by atoms with Crippen LogP contribution in [0.4, 0.5) is 11.4 Å². The summed E-state index contributed by atoms with van der Waals surface area (Å²) < 4.78 is 0. The van der Waals surface area contributed by atoms with Gasteiger partial charge in [0.2, 0.25) is 0 Å². The molecule has 2 aromatic rings. The summed E-state index contributed by atoms with van der Waals surface area (Å²) in [7, 11) is 0. The van der Waals surface area contributed by atoms with Crippen molar-refractivity contribution in [1.82, 2.24) is 0 Å². The first-order chi connectivity index (χ1) is 12.5. The van der Waals surface area contributed by atoms with Crippen molar-refractivity contribution in [1.29, 1.82) is 0 Å². The number of aromatic hydroxyl groups is 1. The van der Waals surface area contributed by atoms with E-state index in [1.165, 1.54) is 11.3 Å². The van der Waals surface area contributed by atoms with E-state index in [4.69, 9.17) is 34.8 Å². The molecule has 2 aliphatic heterocycles. The lowest BCUT2D eigenvalue weighted by Crippen LogP contribution is -2.34. The van der Waals surface area contributed by atoms with Gasteiger partial charge in [-0.2, -0.15) is 5.10 Å². The summed E-state index contributed by atoms with van der Waals surface area (Å²) in [6, 6.07) is 5.23. The number of hydrazone groups is 1. The number of phenols is 1. The Morgan fingerprint density at radius 1 is 1.04 bits per heavy atom. The number of aryl methyl sites for hydroxylation is 1. The van der Waals surface area contributed by atoms with Gasteiger partial charge in [-0.15, -0.1) is 0 Å². The van der Waals surface area contributed by atoms with Crippen molar-refractivity contribution in [2.45, 2.75) is 25.7 Å². The molecule has 2 N–H and O–H groups in total. The van der Waals surface area contributed by atoms with Gasteiger partial charge in [-0.1, -0.05) is 34.8 Å². The number of hydrogen-bond acceptors (Lipinski definition) is 4. The molecule has 0 aliphatic carbocycles.